The molecule has 0 aliphatic heterocycles. The molecule has 0 bridgehead atoms. The van der Waals surface area contributed by atoms with Crippen molar-refractivity contribution in [1.82, 2.24) is 0 Å². The van der Waals surface area contributed by atoms with Crippen LogP contribution in [0, 0.1) is 29.1 Å². The summed E-state index contributed by atoms with van der Waals surface area (Å²) < 4.78 is 0. The summed E-state index contributed by atoms with van der Waals surface area (Å²) in [5.41, 5.74) is 3.07. The number of benzene rings is 1. The Morgan fingerprint density at radius 1 is 0.889 bits per heavy atom. The third kappa shape index (κ3) is 5.83. The van der Waals surface area contributed by atoms with E-state index in [0.717, 1.165) is 23.7 Å². The second-order valence-electron chi connectivity index (χ2n) is 8.65. The Bertz CT molecular complexity index is 644. The summed E-state index contributed by atoms with van der Waals surface area (Å²) in [7, 11) is 0. The Labute approximate surface area is 166 Å². The Hall–Kier alpha value is -1.81. The SMILES string of the molecule is CCCc1ccc([C@H]2CC[C@H](C3CCC(/C=C/C=C/C#N)CC3)CC2)cc1. The first-order valence-electron chi connectivity index (χ1n) is 11.1. The van der Waals surface area contributed by atoms with E-state index in [-0.39, 0.29) is 0 Å². The lowest BCUT2D eigenvalue weighted by Crippen LogP contribution is -2.25. The minimum absolute atomic E-state index is 0.725. The van der Waals surface area contributed by atoms with Gasteiger partial charge in [0.15, 0.2) is 0 Å². The third-order valence-electron chi connectivity index (χ3n) is 6.91. The van der Waals surface area contributed by atoms with Crippen molar-refractivity contribution in [3.63, 3.8) is 0 Å². The van der Waals surface area contributed by atoms with Crippen LogP contribution in [-0.2, 0) is 6.42 Å². The Morgan fingerprint density at radius 3 is 2.11 bits per heavy atom. The normalized spacial score (nSPS) is 29.2. The van der Waals surface area contributed by atoms with Gasteiger partial charge in [0.05, 0.1) is 6.07 Å². The molecule has 1 aromatic carbocycles. The van der Waals surface area contributed by atoms with Gasteiger partial charge in [0.25, 0.3) is 0 Å². The van der Waals surface area contributed by atoms with E-state index in [2.05, 4.69) is 43.3 Å². The molecule has 2 fully saturated rings. The van der Waals surface area contributed by atoms with Crippen LogP contribution in [0.2, 0.25) is 0 Å². The van der Waals surface area contributed by atoms with Crippen LogP contribution in [0.5, 0.6) is 0 Å². The van der Waals surface area contributed by atoms with Crippen molar-refractivity contribution in [2.45, 2.75) is 77.0 Å². The van der Waals surface area contributed by atoms with Crippen molar-refractivity contribution in [3.8, 4) is 6.07 Å². The molecule has 1 aromatic rings. The number of allylic oxidation sites excluding steroid dienone is 4. The minimum atomic E-state index is 0.725. The van der Waals surface area contributed by atoms with Crippen LogP contribution in [0.4, 0.5) is 0 Å². The quantitative estimate of drug-likeness (QED) is 0.383. The van der Waals surface area contributed by atoms with Crippen LogP contribution in [0.3, 0.4) is 0 Å². The molecule has 0 heterocycles. The summed E-state index contributed by atoms with van der Waals surface area (Å²) in [6.07, 6.45) is 21.3. The average molecular weight is 362 g/mol. The average Bonchev–Trinajstić information content (AvgIpc) is 2.73. The van der Waals surface area contributed by atoms with Gasteiger partial charge in [-0.05, 0) is 92.6 Å². The molecule has 1 nitrogen and oxygen atoms in total. The van der Waals surface area contributed by atoms with E-state index >= 15 is 0 Å². The fourth-order valence-electron chi connectivity index (χ4n) is 5.30. The van der Waals surface area contributed by atoms with E-state index < -0.39 is 0 Å². The van der Waals surface area contributed by atoms with E-state index in [9.17, 15) is 0 Å². The van der Waals surface area contributed by atoms with Crippen LogP contribution in [0.15, 0.2) is 48.6 Å². The monoisotopic (exact) mass is 361 g/mol. The van der Waals surface area contributed by atoms with Crippen molar-refractivity contribution in [1.29, 1.82) is 5.26 Å². The molecule has 3 rings (SSSR count). The second-order valence-corrected chi connectivity index (χ2v) is 8.65. The van der Waals surface area contributed by atoms with E-state index in [0.29, 0.717) is 0 Å². The van der Waals surface area contributed by atoms with Gasteiger partial charge >= 0.3 is 0 Å². The van der Waals surface area contributed by atoms with Gasteiger partial charge in [0.1, 0.15) is 0 Å². The molecule has 0 radical (unpaired) electrons. The molecular weight excluding hydrogens is 326 g/mol. The van der Waals surface area contributed by atoms with Crippen LogP contribution in [-0.4, -0.2) is 0 Å². The van der Waals surface area contributed by atoms with E-state index in [1.165, 1.54) is 69.8 Å². The lowest BCUT2D eigenvalue weighted by atomic mass is 9.68. The molecule has 0 unspecified atom stereocenters. The van der Waals surface area contributed by atoms with Crippen LogP contribution >= 0.6 is 0 Å². The molecule has 0 amide bonds. The van der Waals surface area contributed by atoms with Crippen molar-refractivity contribution in [2.75, 3.05) is 0 Å². The van der Waals surface area contributed by atoms with Gasteiger partial charge in [-0.3, -0.25) is 0 Å². The van der Waals surface area contributed by atoms with E-state index in [1.54, 1.807) is 11.6 Å². The molecule has 0 N–H and O–H groups in total. The zero-order chi connectivity index (χ0) is 18.9. The predicted molar refractivity (Wildman–Crippen MR) is 114 cm³/mol. The standard InChI is InChI=1S/C26H35N/c1-2-6-21-8-12-23(13-9-21)25-16-18-26(19-17-25)24-14-10-22(11-15-24)7-4-3-5-20-27/h3-5,7-9,12-13,22,24-26H,2,6,10-11,14-19H2,1H3/b5-3+,7-4+/t22?,24?,25-,26-. The van der Waals surface area contributed by atoms with Crippen LogP contribution in [0.25, 0.3) is 0 Å². The maximum atomic E-state index is 8.54. The molecule has 0 saturated heterocycles. The molecule has 0 aromatic heterocycles. The third-order valence-corrected chi connectivity index (χ3v) is 6.91. The number of aryl methyl sites for hydroxylation is 1. The van der Waals surface area contributed by atoms with Crippen molar-refractivity contribution in [3.05, 3.63) is 59.7 Å². The summed E-state index contributed by atoms with van der Waals surface area (Å²) in [5.74, 6) is 3.44. The highest BCUT2D eigenvalue weighted by molar-refractivity contribution is 5.26. The molecule has 144 valence electrons. The van der Waals surface area contributed by atoms with Gasteiger partial charge in [-0.25, -0.2) is 0 Å². The lowest BCUT2D eigenvalue weighted by Gasteiger charge is -2.37. The lowest BCUT2D eigenvalue weighted by molar-refractivity contribution is 0.171. The molecule has 0 spiro atoms. The van der Waals surface area contributed by atoms with E-state index in [1.807, 2.05) is 12.1 Å². The smallest absolute Gasteiger partial charge is 0.0912 e. The highest BCUT2D eigenvalue weighted by Gasteiger charge is 2.30. The van der Waals surface area contributed by atoms with Gasteiger partial charge < -0.3 is 0 Å². The summed E-state index contributed by atoms with van der Waals surface area (Å²) >= 11 is 0. The molecule has 2 aliphatic carbocycles. The Morgan fingerprint density at radius 2 is 1.52 bits per heavy atom. The summed E-state index contributed by atoms with van der Waals surface area (Å²) in [5, 5.41) is 8.54. The molecule has 2 aliphatic rings. The predicted octanol–water partition coefficient (Wildman–Crippen LogP) is 7.36. The largest absolute Gasteiger partial charge is 0.193 e. The fourth-order valence-corrected chi connectivity index (χ4v) is 5.30. The number of rotatable bonds is 6. The molecular formula is C26H35N. The number of nitriles is 1. The molecule has 27 heavy (non-hydrogen) atoms. The first-order valence-corrected chi connectivity index (χ1v) is 11.1. The highest BCUT2D eigenvalue weighted by Crippen LogP contribution is 2.44. The van der Waals surface area contributed by atoms with Crippen molar-refractivity contribution >= 4 is 0 Å². The van der Waals surface area contributed by atoms with Gasteiger partial charge in [-0.2, -0.15) is 5.26 Å². The Kier molecular flexibility index (Phi) is 7.76. The van der Waals surface area contributed by atoms with Gasteiger partial charge in [0.2, 0.25) is 0 Å². The van der Waals surface area contributed by atoms with E-state index in [4.69, 9.17) is 5.26 Å². The highest BCUT2D eigenvalue weighted by atomic mass is 14.4. The van der Waals surface area contributed by atoms with Crippen LogP contribution < -0.4 is 0 Å². The second kappa shape index (κ2) is 10.5. The number of nitrogens with zero attached hydrogens (tertiary/aromatic N) is 1. The van der Waals surface area contributed by atoms with Gasteiger partial charge in [0, 0.05) is 6.08 Å². The first kappa shape index (κ1) is 19.9. The molecule has 0 atom stereocenters. The maximum absolute atomic E-state index is 8.54. The maximum Gasteiger partial charge on any atom is 0.0912 e. The summed E-state index contributed by atoms with van der Waals surface area (Å²) in [6.45, 7) is 2.25. The summed E-state index contributed by atoms with van der Waals surface area (Å²) in [6, 6.07) is 11.5. The Balaban J connectivity index is 1.42. The minimum Gasteiger partial charge on any atom is -0.193 e. The van der Waals surface area contributed by atoms with Gasteiger partial charge in [-0.1, -0.05) is 55.8 Å². The molecule has 2 saturated carbocycles. The zero-order valence-corrected chi connectivity index (χ0v) is 16.9. The van der Waals surface area contributed by atoms with Gasteiger partial charge in [-0.15, -0.1) is 0 Å². The fraction of sp³-hybridized carbons (Fsp3) is 0.577. The number of hydrogen-bond donors (Lipinski definition) is 0. The topological polar surface area (TPSA) is 23.8 Å². The number of hydrogen-bond acceptors (Lipinski definition) is 1. The zero-order valence-electron chi connectivity index (χ0n) is 16.9. The van der Waals surface area contributed by atoms with Crippen molar-refractivity contribution in [2.24, 2.45) is 17.8 Å². The van der Waals surface area contributed by atoms with Crippen LogP contribution in [0.1, 0.15) is 81.8 Å². The summed E-state index contributed by atoms with van der Waals surface area (Å²) in [4.78, 5) is 0. The molecule has 1 heteroatoms. The first-order chi connectivity index (χ1) is 13.3. The van der Waals surface area contributed by atoms with Crippen molar-refractivity contribution < 1.29 is 0 Å².